The predicted octanol–water partition coefficient (Wildman–Crippen LogP) is 3.83. The van der Waals surface area contributed by atoms with Gasteiger partial charge in [-0.25, -0.2) is 4.98 Å². The van der Waals surface area contributed by atoms with Crippen LogP contribution in [0.5, 0.6) is 0 Å². The number of aromatic nitrogens is 1. The summed E-state index contributed by atoms with van der Waals surface area (Å²) < 4.78 is 29.1. The monoisotopic (exact) mass is 325 g/mol. The zero-order valence-electron chi connectivity index (χ0n) is 11.8. The Labute approximate surface area is 129 Å². The molecule has 0 aliphatic carbocycles. The molecule has 2 rings (SSSR count). The molecule has 112 valence electrons. The lowest BCUT2D eigenvalue weighted by molar-refractivity contribution is 0.318. The number of nitrogens with zero attached hydrogens (tertiary/aromatic N) is 1. The van der Waals surface area contributed by atoms with Gasteiger partial charge in [-0.2, -0.15) is 8.42 Å². The Morgan fingerprint density at radius 3 is 2.67 bits per heavy atom. The second-order valence-electron chi connectivity index (χ2n) is 4.62. The first-order chi connectivity index (χ1) is 9.94. The van der Waals surface area contributed by atoms with Gasteiger partial charge in [0.15, 0.2) is 0 Å². The van der Waals surface area contributed by atoms with Crippen LogP contribution < -0.4 is 0 Å². The highest BCUT2D eigenvalue weighted by Crippen LogP contribution is 2.28. The molecule has 0 N–H and O–H groups in total. The van der Waals surface area contributed by atoms with E-state index in [-0.39, 0.29) is 11.5 Å². The van der Waals surface area contributed by atoms with Crippen LogP contribution in [0.25, 0.3) is 11.1 Å². The SMILES string of the molecule is CCCOS(=O)(=O)c1ccc(C)c(-c2ccnc(Cl)c2)c1. The van der Waals surface area contributed by atoms with Crippen LogP contribution in [0.1, 0.15) is 18.9 Å². The third-order valence-electron chi connectivity index (χ3n) is 2.98. The van der Waals surface area contributed by atoms with Gasteiger partial charge in [0, 0.05) is 6.20 Å². The molecular formula is C15H16ClNO3S. The Hall–Kier alpha value is -1.43. The van der Waals surface area contributed by atoms with Gasteiger partial charge in [-0.15, -0.1) is 0 Å². The van der Waals surface area contributed by atoms with Gasteiger partial charge < -0.3 is 0 Å². The van der Waals surface area contributed by atoms with E-state index in [1.54, 1.807) is 36.5 Å². The molecule has 0 spiro atoms. The minimum atomic E-state index is -3.73. The van der Waals surface area contributed by atoms with Gasteiger partial charge >= 0.3 is 0 Å². The van der Waals surface area contributed by atoms with Crippen molar-refractivity contribution < 1.29 is 12.6 Å². The molecule has 1 heterocycles. The second-order valence-corrected chi connectivity index (χ2v) is 6.62. The molecule has 0 amide bonds. The Bertz CT molecular complexity index is 744. The zero-order chi connectivity index (χ0) is 15.5. The maximum absolute atomic E-state index is 12.1. The quantitative estimate of drug-likeness (QED) is 0.619. The highest BCUT2D eigenvalue weighted by Gasteiger charge is 2.16. The standard InChI is InChI=1S/C15H16ClNO3S/c1-3-8-20-21(18,19)13-5-4-11(2)14(10-13)12-6-7-17-15(16)9-12/h4-7,9-10H,3,8H2,1-2H3. The van der Waals surface area contributed by atoms with Crippen molar-refractivity contribution in [3.8, 4) is 11.1 Å². The van der Waals surface area contributed by atoms with Crippen LogP contribution >= 0.6 is 11.6 Å². The third kappa shape index (κ3) is 3.81. The van der Waals surface area contributed by atoms with E-state index in [2.05, 4.69) is 4.98 Å². The first-order valence-electron chi connectivity index (χ1n) is 6.56. The maximum atomic E-state index is 12.1. The zero-order valence-corrected chi connectivity index (χ0v) is 13.4. The normalized spacial score (nSPS) is 11.6. The van der Waals surface area contributed by atoms with Crippen molar-refractivity contribution in [1.82, 2.24) is 4.98 Å². The molecular weight excluding hydrogens is 310 g/mol. The molecule has 0 atom stereocenters. The Balaban J connectivity index is 2.47. The van der Waals surface area contributed by atoms with E-state index >= 15 is 0 Å². The molecule has 1 aromatic carbocycles. The fraction of sp³-hybridized carbons (Fsp3) is 0.267. The number of benzene rings is 1. The Morgan fingerprint density at radius 2 is 2.00 bits per heavy atom. The van der Waals surface area contributed by atoms with Crippen LogP contribution in [0.2, 0.25) is 5.15 Å². The van der Waals surface area contributed by atoms with Gasteiger partial charge in [-0.05, 0) is 54.3 Å². The summed E-state index contributed by atoms with van der Waals surface area (Å²) in [7, 11) is -3.73. The molecule has 21 heavy (non-hydrogen) atoms. The lowest BCUT2D eigenvalue weighted by atomic mass is 10.0. The predicted molar refractivity (Wildman–Crippen MR) is 82.8 cm³/mol. The smallest absolute Gasteiger partial charge is 0.266 e. The molecule has 0 saturated heterocycles. The minimum absolute atomic E-state index is 0.143. The number of rotatable bonds is 5. The fourth-order valence-corrected chi connectivity index (χ4v) is 3.09. The summed E-state index contributed by atoms with van der Waals surface area (Å²) >= 11 is 5.89. The highest BCUT2D eigenvalue weighted by atomic mass is 35.5. The molecule has 0 unspecified atom stereocenters. The van der Waals surface area contributed by atoms with Crippen LogP contribution in [0.4, 0.5) is 0 Å². The first-order valence-corrected chi connectivity index (χ1v) is 8.34. The summed E-state index contributed by atoms with van der Waals surface area (Å²) in [6, 6.07) is 8.40. The summed E-state index contributed by atoms with van der Waals surface area (Å²) in [5, 5.41) is 0.363. The maximum Gasteiger partial charge on any atom is 0.296 e. The Kier molecular flexibility index (Phi) is 4.98. The number of hydrogen-bond donors (Lipinski definition) is 0. The van der Waals surface area contributed by atoms with Gasteiger partial charge in [0.25, 0.3) is 10.1 Å². The fourth-order valence-electron chi connectivity index (χ4n) is 1.90. The van der Waals surface area contributed by atoms with E-state index in [1.165, 1.54) is 0 Å². The average molecular weight is 326 g/mol. The van der Waals surface area contributed by atoms with Gasteiger partial charge in [0.2, 0.25) is 0 Å². The highest BCUT2D eigenvalue weighted by molar-refractivity contribution is 7.86. The van der Waals surface area contributed by atoms with E-state index < -0.39 is 10.1 Å². The van der Waals surface area contributed by atoms with Crippen molar-refractivity contribution in [3.05, 3.63) is 47.2 Å². The van der Waals surface area contributed by atoms with Crippen LogP contribution in [0.3, 0.4) is 0 Å². The Morgan fingerprint density at radius 1 is 1.24 bits per heavy atom. The molecule has 0 bridgehead atoms. The van der Waals surface area contributed by atoms with Crippen LogP contribution in [-0.2, 0) is 14.3 Å². The average Bonchev–Trinajstić information content (AvgIpc) is 2.45. The molecule has 0 fully saturated rings. The second kappa shape index (κ2) is 6.56. The van der Waals surface area contributed by atoms with Gasteiger partial charge in [0.05, 0.1) is 11.5 Å². The van der Waals surface area contributed by atoms with Gasteiger partial charge in [-0.3, -0.25) is 4.18 Å². The van der Waals surface area contributed by atoms with E-state index in [4.69, 9.17) is 15.8 Å². The summed E-state index contributed by atoms with van der Waals surface area (Å²) in [5.41, 5.74) is 2.56. The molecule has 2 aromatic rings. The van der Waals surface area contributed by atoms with Crippen molar-refractivity contribution in [2.24, 2.45) is 0 Å². The van der Waals surface area contributed by atoms with Crippen molar-refractivity contribution in [2.75, 3.05) is 6.61 Å². The number of aryl methyl sites for hydroxylation is 1. The summed E-state index contributed by atoms with van der Waals surface area (Å²) in [6.07, 6.45) is 2.23. The lowest BCUT2D eigenvalue weighted by Gasteiger charge is -2.10. The number of pyridine rings is 1. The number of hydrogen-bond acceptors (Lipinski definition) is 4. The van der Waals surface area contributed by atoms with Crippen LogP contribution in [0.15, 0.2) is 41.4 Å². The molecule has 1 aromatic heterocycles. The van der Waals surface area contributed by atoms with Gasteiger partial charge in [0.1, 0.15) is 5.15 Å². The number of halogens is 1. The van der Waals surface area contributed by atoms with E-state index in [0.717, 1.165) is 16.7 Å². The van der Waals surface area contributed by atoms with Crippen molar-refractivity contribution in [2.45, 2.75) is 25.2 Å². The van der Waals surface area contributed by atoms with Crippen molar-refractivity contribution in [3.63, 3.8) is 0 Å². The van der Waals surface area contributed by atoms with Crippen molar-refractivity contribution >= 4 is 21.7 Å². The minimum Gasteiger partial charge on any atom is -0.266 e. The van der Waals surface area contributed by atoms with Crippen molar-refractivity contribution in [1.29, 1.82) is 0 Å². The van der Waals surface area contributed by atoms with E-state index in [0.29, 0.717) is 11.6 Å². The van der Waals surface area contributed by atoms with Crippen LogP contribution in [0, 0.1) is 6.92 Å². The lowest BCUT2D eigenvalue weighted by Crippen LogP contribution is -2.07. The van der Waals surface area contributed by atoms with E-state index in [9.17, 15) is 8.42 Å². The van der Waals surface area contributed by atoms with E-state index in [1.807, 2.05) is 13.8 Å². The van der Waals surface area contributed by atoms with Crippen LogP contribution in [-0.4, -0.2) is 20.0 Å². The summed E-state index contributed by atoms with van der Waals surface area (Å²) in [5.74, 6) is 0. The van der Waals surface area contributed by atoms with Gasteiger partial charge in [-0.1, -0.05) is 24.6 Å². The summed E-state index contributed by atoms with van der Waals surface area (Å²) in [4.78, 5) is 4.07. The first kappa shape index (κ1) is 15.9. The topological polar surface area (TPSA) is 56.3 Å². The summed E-state index contributed by atoms with van der Waals surface area (Å²) in [6.45, 7) is 3.94. The molecule has 0 aliphatic heterocycles. The molecule has 6 heteroatoms. The molecule has 0 saturated carbocycles. The largest absolute Gasteiger partial charge is 0.296 e. The third-order valence-corrected chi connectivity index (χ3v) is 4.49. The molecule has 0 radical (unpaired) electrons. The molecule has 0 aliphatic rings. The molecule has 4 nitrogen and oxygen atoms in total.